The quantitative estimate of drug-likeness (QED) is 0.675. The first kappa shape index (κ1) is 17.2. The van der Waals surface area contributed by atoms with E-state index in [9.17, 15) is 4.79 Å². The van der Waals surface area contributed by atoms with Gasteiger partial charge < -0.3 is 4.90 Å². The average Bonchev–Trinajstić information content (AvgIpc) is 3.14. The van der Waals surface area contributed by atoms with Crippen molar-refractivity contribution in [2.24, 2.45) is 0 Å². The molecule has 0 unspecified atom stereocenters. The molecule has 0 N–H and O–H groups in total. The number of amides is 1. The summed E-state index contributed by atoms with van der Waals surface area (Å²) in [6.07, 6.45) is 5.17. The molecule has 128 valence electrons. The van der Waals surface area contributed by atoms with Crippen LogP contribution in [0.25, 0.3) is 0 Å². The van der Waals surface area contributed by atoms with Gasteiger partial charge in [0.25, 0.3) is 5.91 Å². The van der Waals surface area contributed by atoms with E-state index in [0.29, 0.717) is 24.6 Å². The fourth-order valence-corrected chi connectivity index (χ4v) is 3.11. The number of hydrogen-bond donors (Lipinski definition) is 0. The van der Waals surface area contributed by atoms with Crippen molar-refractivity contribution in [2.45, 2.75) is 32.9 Å². The van der Waals surface area contributed by atoms with Crippen LogP contribution in [0.4, 0.5) is 0 Å². The lowest BCUT2D eigenvalue weighted by Crippen LogP contribution is -2.31. The first-order chi connectivity index (χ1) is 12.1. The lowest BCUT2D eigenvalue weighted by atomic mass is 10.2. The molecule has 0 spiro atoms. The summed E-state index contributed by atoms with van der Waals surface area (Å²) in [7, 11) is 0. The number of rotatable bonds is 6. The van der Waals surface area contributed by atoms with Gasteiger partial charge in [0, 0.05) is 37.6 Å². The molecule has 0 saturated heterocycles. The number of carbonyl (C=O) groups is 1. The summed E-state index contributed by atoms with van der Waals surface area (Å²) in [4.78, 5) is 27.7. The van der Waals surface area contributed by atoms with Crippen molar-refractivity contribution in [2.75, 3.05) is 0 Å². The Labute approximate surface area is 151 Å². The van der Waals surface area contributed by atoms with E-state index in [-0.39, 0.29) is 11.8 Å². The molecule has 5 nitrogen and oxygen atoms in total. The third-order valence-electron chi connectivity index (χ3n) is 3.75. The number of thiophene rings is 1. The monoisotopic (exact) mass is 352 g/mol. The third-order valence-corrected chi connectivity index (χ3v) is 4.48. The van der Waals surface area contributed by atoms with Crippen LogP contribution < -0.4 is 0 Å². The second-order valence-electron chi connectivity index (χ2n) is 6.11. The average molecular weight is 352 g/mol. The van der Waals surface area contributed by atoms with E-state index >= 15 is 0 Å². The van der Waals surface area contributed by atoms with Gasteiger partial charge in [-0.1, -0.05) is 19.9 Å². The van der Waals surface area contributed by atoms with Gasteiger partial charge in [-0.05, 0) is 40.1 Å². The molecule has 1 amide bonds. The first-order valence-corrected chi connectivity index (χ1v) is 9.10. The second kappa shape index (κ2) is 7.98. The number of carbonyl (C=O) groups excluding carboxylic acids is 1. The van der Waals surface area contributed by atoms with Crippen molar-refractivity contribution < 1.29 is 4.79 Å². The van der Waals surface area contributed by atoms with Crippen molar-refractivity contribution >= 4 is 17.2 Å². The Morgan fingerprint density at radius 3 is 2.68 bits per heavy atom. The summed E-state index contributed by atoms with van der Waals surface area (Å²) in [5, 5.41) is 4.08. The van der Waals surface area contributed by atoms with Gasteiger partial charge in [0.15, 0.2) is 0 Å². The highest BCUT2D eigenvalue weighted by molar-refractivity contribution is 7.07. The maximum Gasteiger partial charge on any atom is 0.273 e. The smallest absolute Gasteiger partial charge is 0.273 e. The minimum atomic E-state index is -0.0978. The standard InChI is InChI=1S/C19H20N4OS/c1-14(2)18-21-8-5-17(22-18)19(24)23(12-16-6-9-25-13-16)11-15-4-3-7-20-10-15/h3-10,13-14H,11-12H2,1-2H3. The molecule has 0 aliphatic heterocycles. The Kier molecular flexibility index (Phi) is 5.50. The van der Waals surface area contributed by atoms with Crippen LogP contribution in [0.5, 0.6) is 0 Å². The van der Waals surface area contributed by atoms with E-state index in [4.69, 9.17) is 0 Å². The normalized spacial score (nSPS) is 10.8. The van der Waals surface area contributed by atoms with Crippen LogP contribution in [-0.2, 0) is 13.1 Å². The molecule has 0 aliphatic carbocycles. The fraction of sp³-hybridized carbons (Fsp3) is 0.263. The number of pyridine rings is 1. The van der Waals surface area contributed by atoms with Crippen LogP contribution in [0.1, 0.15) is 47.2 Å². The molecule has 3 aromatic heterocycles. The largest absolute Gasteiger partial charge is 0.329 e. The van der Waals surface area contributed by atoms with Crippen molar-refractivity contribution in [1.29, 1.82) is 0 Å². The van der Waals surface area contributed by atoms with E-state index in [1.165, 1.54) is 0 Å². The summed E-state index contributed by atoms with van der Waals surface area (Å²) in [6, 6.07) is 7.57. The van der Waals surface area contributed by atoms with Gasteiger partial charge in [-0.3, -0.25) is 9.78 Å². The van der Waals surface area contributed by atoms with Gasteiger partial charge in [0.2, 0.25) is 0 Å². The molecular weight excluding hydrogens is 332 g/mol. The van der Waals surface area contributed by atoms with Gasteiger partial charge in [0.05, 0.1) is 0 Å². The Hall–Kier alpha value is -2.60. The maximum absolute atomic E-state index is 13.1. The van der Waals surface area contributed by atoms with Gasteiger partial charge in [0.1, 0.15) is 11.5 Å². The van der Waals surface area contributed by atoms with E-state index in [0.717, 1.165) is 11.1 Å². The van der Waals surface area contributed by atoms with Crippen LogP contribution >= 0.6 is 11.3 Å². The molecule has 6 heteroatoms. The van der Waals surface area contributed by atoms with Crippen LogP contribution in [0.3, 0.4) is 0 Å². The maximum atomic E-state index is 13.1. The minimum absolute atomic E-state index is 0.0978. The van der Waals surface area contributed by atoms with Crippen LogP contribution in [-0.4, -0.2) is 25.8 Å². The number of nitrogens with zero attached hydrogens (tertiary/aromatic N) is 4. The number of hydrogen-bond acceptors (Lipinski definition) is 5. The molecule has 0 saturated carbocycles. The van der Waals surface area contributed by atoms with Crippen molar-refractivity contribution in [3.63, 3.8) is 0 Å². The predicted octanol–water partition coefficient (Wildman–Crippen LogP) is 3.90. The summed E-state index contributed by atoms with van der Waals surface area (Å²) in [5.74, 6) is 0.762. The van der Waals surface area contributed by atoms with Crippen molar-refractivity contribution in [3.8, 4) is 0 Å². The summed E-state index contributed by atoms with van der Waals surface area (Å²) < 4.78 is 0. The molecule has 25 heavy (non-hydrogen) atoms. The van der Waals surface area contributed by atoms with E-state index < -0.39 is 0 Å². The van der Waals surface area contributed by atoms with Gasteiger partial charge in [-0.15, -0.1) is 0 Å². The molecule has 3 heterocycles. The Balaban J connectivity index is 1.87. The number of aromatic nitrogens is 3. The first-order valence-electron chi connectivity index (χ1n) is 8.15. The molecule has 0 aromatic carbocycles. The van der Waals surface area contributed by atoms with Gasteiger partial charge in [-0.25, -0.2) is 9.97 Å². The molecule has 0 radical (unpaired) electrons. The van der Waals surface area contributed by atoms with E-state index in [1.807, 2.05) is 37.4 Å². The zero-order valence-electron chi connectivity index (χ0n) is 14.3. The van der Waals surface area contributed by atoms with Crippen LogP contribution in [0.15, 0.2) is 53.6 Å². The Bertz CT molecular complexity index is 818. The molecule has 0 fully saturated rings. The highest BCUT2D eigenvalue weighted by atomic mass is 32.1. The lowest BCUT2D eigenvalue weighted by Gasteiger charge is -2.22. The molecule has 3 rings (SSSR count). The second-order valence-corrected chi connectivity index (χ2v) is 6.89. The van der Waals surface area contributed by atoms with Crippen molar-refractivity contribution in [1.82, 2.24) is 19.9 Å². The highest BCUT2D eigenvalue weighted by Gasteiger charge is 2.19. The van der Waals surface area contributed by atoms with Crippen LogP contribution in [0.2, 0.25) is 0 Å². The SMILES string of the molecule is CC(C)c1nccc(C(=O)N(Cc2cccnc2)Cc2ccsc2)n1. The van der Waals surface area contributed by atoms with Crippen LogP contribution in [0, 0.1) is 0 Å². The van der Waals surface area contributed by atoms with E-state index in [1.54, 1.807) is 40.9 Å². The minimum Gasteiger partial charge on any atom is -0.329 e. The van der Waals surface area contributed by atoms with Gasteiger partial charge >= 0.3 is 0 Å². The van der Waals surface area contributed by atoms with Crippen molar-refractivity contribution in [3.05, 3.63) is 76.3 Å². The Morgan fingerprint density at radius 2 is 2.00 bits per heavy atom. The summed E-state index contributed by atoms with van der Waals surface area (Å²) >= 11 is 1.63. The molecule has 0 atom stereocenters. The third kappa shape index (κ3) is 4.48. The summed E-state index contributed by atoms with van der Waals surface area (Å²) in [6.45, 7) is 5.06. The molecular formula is C19H20N4OS. The molecule has 0 aliphatic rings. The highest BCUT2D eigenvalue weighted by Crippen LogP contribution is 2.16. The zero-order valence-corrected chi connectivity index (χ0v) is 15.1. The summed E-state index contributed by atoms with van der Waals surface area (Å²) in [5.41, 5.74) is 2.53. The topological polar surface area (TPSA) is 59.0 Å². The van der Waals surface area contributed by atoms with Gasteiger partial charge in [-0.2, -0.15) is 11.3 Å². The predicted molar refractivity (Wildman–Crippen MR) is 98.3 cm³/mol. The lowest BCUT2D eigenvalue weighted by molar-refractivity contribution is 0.0723. The molecule has 3 aromatic rings. The van der Waals surface area contributed by atoms with E-state index in [2.05, 4.69) is 20.3 Å². The zero-order chi connectivity index (χ0) is 17.6. The fourth-order valence-electron chi connectivity index (χ4n) is 2.45. The molecule has 0 bridgehead atoms. The Morgan fingerprint density at radius 1 is 1.16 bits per heavy atom.